The number of rotatable bonds is 7. The number of carbonyl (C=O) groups excluding carboxylic acids is 1. The Morgan fingerprint density at radius 3 is 2.66 bits per heavy atom. The minimum Gasteiger partial charge on any atom is -0.453 e. The fourth-order valence-electron chi connectivity index (χ4n) is 4.33. The van der Waals surface area contributed by atoms with Crippen LogP contribution in [-0.4, -0.2) is 68.3 Å². The van der Waals surface area contributed by atoms with Crippen LogP contribution in [-0.2, 0) is 22.0 Å². The van der Waals surface area contributed by atoms with Crippen LogP contribution in [0.1, 0.15) is 56.1 Å². The van der Waals surface area contributed by atoms with Crippen LogP contribution in [0.5, 0.6) is 0 Å². The van der Waals surface area contributed by atoms with E-state index in [1.54, 1.807) is 0 Å². The number of hydrogen-bond donors (Lipinski definition) is 2. The Morgan fingerprint density at radius 2 is 2.00 bits per heavy atom. The van der Waals surface area contributed by atoms with Gasteiger partial charge in [0.1, 0.15) is 10.7 Å². The van der Waals surface area contributed by atoms with Crippen molar-refractivity contribution in [2.45, 2.75) is 55.9 Å². The number of alkyl carbamates (subject to hydrolysis) is 1. The summed E-state index contributed by atoms with van der Waals surface area (Å²) in [7, 11) is 0.180. The maximum Gasteiger partial charge on any atom is 0.406 e. The first-order chi connectivity index (χ1) is 16.8. The van der Waals surface area contributed by atoms with Gasteiger partial charge in [-0.05, 0) is 50.2 Å². The molecule has 2 aliphatic heterocycles. The quantitative estimate of drug-likeness (QED) is 0.594. The Balaban J connectivity index is 1.34. The van der Waals surface area contributed by atoms with E-state index in [-0.39, 0.29) is 0 Å². The summed E-state index contributed by atoms with van der Waals surface area (Å²) in [4.78, 5) is 33.1. The fraction of sp³-hybridized carbons (Fsp3) is 0.542. The number of carbonyl (C=O) groups is 1. The number of nitrogens with one attached hydrogen (secondary N) is 2. The number of aryl methyl sites for hydroxylation is 1. The maximum atomic E-state index is 12.7. The Kier molecular flexibility index (Phi) is 6.43. The van der Waals surface area contributed by atoms with Crippen LogP contribution in [0.2, 0.25) is 0 Å². The first-order valence-electron chi connectivity index (χ1n) is 12.0. The third-order valence-corrected chi connectivity index (χ3v) is 7.95. The number of hydrogen-bond acceptors (Lipinski definition) is 9. The van der Waals surface area contributed by atoms with Crippen LogP contribution in [0.3, 0.4) is 0 Å². The molecule has 1 atom stereocenters. The number of anilines is 2. The molecule has 0 saturated heterocycles. The normalized spacial score (nSPS) is 19.7. The van der Waals surface area contributed by atoms with E-state index in [1.807, 2.05) is 26.2 Å². The van der Waals surface area contributed by atoms with Gasteiger partial charge < -0.3 is 20.3 Å². The zero-order valence-corrected chi connectivity index (χ0v) is 21.2. The van der Waals surface area contributed by atoms with Gasteiger partial charge >= 0.3 is 6.09 Å². The molecule has 35 heavy (non-hydrogen) atoms. The second-order valence-corrected chi connectivity index (χ2v) is 11.3. The van der Waals surface area contributed by atoms with E-state index < -0.39 is 22.4 Å². The van der Waals surface area contributed by atoms with E-state index in [0.717, 1.165) is 30.1 Å². The van der Waals surface area contributed by atoms with E-state index in [9.17, 15) is 9.00 Å². The number of methoxy groups -OCH3 is 1. The lowest BCUT2D eigenvalue weighted by atomic mass is 10.1. The van der Waals surface area contributed by atoms with Gasteiger partial charge in [0.2, 0.25) is 5.95 Å². The number of ether oxygens (including phenoxy) is 1. The number of fused-ring (bicyclic) bond motifs is 1. The predicted octanol–water partition coefficient (Wildman–Crippen LogP) is 2.65. The molecule has 3 aliphatic rings. The highest BCUT2D eigenvalue weighted by atomic mass is 32.2. The molecule has 186 valence electrons. The fourth-order valence-corrected chi connectivity index (χ4v) is 5.63. The average molecular weight is 498 g/mol. The van der Waals surface area contributed by atoms with Crippen molar-refractivity contribution >= 4 is 34.2 Å². The number of nitrogens with zero attached hydrogens (tertiary/aromatic N) is 5. The van der Waals surface area contributed by atoms with Crippen LogP contribution < -0.4 is 15.5 Å². The van der Waals surface area contributed by atoms with Gasteiger partial charge in [0.25, 0.3) is 0 Å². The number of aromatic nitrogens is 4. The largest absolute Gasteiger partial charge is 0.453 e. The molecule has 1 unspecified atom stereocenters. The molecule has 0 bridgehead atoms. The van der Waals surface area contributed by atoms with Crippen molar-refractivity contribution in [3.05, 3.63) is 35.6 Å². The van der Waals surface area contributed by atoms with Gasteiger partial charge in [-0.3, -0.25) is 4.21 Å². The van der Waals surface area contributed by atoms with Gasteiger partial charge in [-0.1, -0.05) is 6.08 Å². The molecule has 1 aliphatic carbocycles. The average Bonchev–Trinajstić information content (AvgIpc) is 3.65. The maximum absolute atomic E-state index is 12.7. The zero-order valence-electron chi connectivity index (χ0n) is 20.3. The number of amides is 1. The summed E-state index contributed by atoms with van der Waals surface area (Å²) in [5, 5.41) is 6.10. The van der Waals surface area contributed by atoms with Crippen LogP contribution in [0.4, 0.5) is 16.6 Å². The van der Waals surface area contributed by atoms with Crippen LogP contribution in [0.25, 0.3) is 5.57 Å². The highest BCUT2D eigenvalue weighted by molar-refractivity contribution is 7.85. The molecule has 0 spiro atoms. The SMILES string of the molecule is COC(=O)NCC(C)(C)Nc1nc(N2CC=C(c3ncc(C4CC4)cn3)CC2)nc2c1S(=O)CC2. The van der Waals surface area contributed by atoms with Crippen LogP contribution in [0.15, 0.2) is 23.4 Å². The molecule has 2 aromatic rings. The molecule has 11 heteroatoms. The molecule has 1 saturated carbocycles. The van der Waals surface area contributed by atoms with E-state index in [1.165, 1.54) is 25.5 Å². The van der Waals surface area contributed by atoms with Crippen LogP contribution in [0, 0.1) is 0 Å². The predicted molar refractivity (Wildman–Crippen MR) is 134 cm³/mol. The van der Waals surface area contributed by atoms with E-state index in [0.29, 0.717) is 47.8 Å². The van der Waals surface area contributed by atoms with Crippen molar-refractivity contribution in [1.29, 1.82) is 0 Å². The summed E-state index contributed by atoms with van der Waals surface area (Å²) >= 11 is 0. The Bertz CT molecular complexity index is 1180. The third-order valence-electron chi connectivity index (χ3n) is 6.49. The zero-order chi connectivity index (χ0) is 24.6. The summed E-state index contributed by atoms with van der Waals surface area (Å²) in [6.45, 7) is 5.60. The highest BCUT2D eigenvalue weighted by Gasteiger charge is 2.31. The van der Waals surface area contributed by atoms with E-state index in [2.05, 4.69) is 36.3 Å². The van der Waals surface area contributed by atoms with Crippen molar-refractivity contribution in [2.75, 3.05) is 42.7 Å². The minimum atomic E-state index is -1.15. The van der Waals surface area contributed by atoms with Crippen LogP contribution >= 0.6 is 0 Å². The topological polar surface area (TPSA) is 122 Å². The lowest BCUT2D eigenvalue weighted by molar-refractivity contribution is 0.169. The highest BCUT2D eigenvalue weighted by Crippen LogP contribution is 2.39. The second kappa shape index (κ2) is 9.52. The van der Waals surface area contributed by atoms with Crippen molar-refractivity contribution in [1.82, 2.24) is 25.3 Å². The molecule has 1 fully saturated rings. The molecular formula is C24H31N7O3S. The molecule has 2 aromatic heterocycles. The van der Waals surface area contributed by atoms with Gasteiger partial charge in [0, 0.05) is 44.2 Å². The smallest absolute Gasteiger partial charge is 0.406 e. The summed E-state index contributed by atoms with van der Waals surface area (Å²) in [6.07, 6.45) is 9.50. The summed E-state index contributed by atoms with van der Waals surface area (Å²) < 4.78 is 17.4. The van der Waals surface area contributed by atoms with Crippen molar-refractivity contribution < 1.29 is 13.7 Å². The molecule has 2 N–H and O–H groups in total. The molecule has 10 nitrogen and oxygen atoms in total. The van der Waals surface area contributed by atoms with E-state index in [4.69, 9.17) is 9.97 Å². The third kappa shape index (κ3) is 5.29. The summed E-state index contributed by atoms with van der Waals surface area (Å²) in [5.41, 5.74) is 2.65. The molecule has 0 radical (unpaired) electrons. The first-order valence-corrected chi connectivity index (χ1v) is 13.3. The van der Waals surface area contributed by atoms with Gasteiger partial charge in [-0.2, -0.15) is 4.98 Å². The van der Waals surface area contributed by atoms with Crippen molar-refractivity contribution in [2.24, 2.45) is 0 Å². The second-order valence-electron chi connectivity index (χ2n) is 9.84. The lowest BCUT2D eigenvalue weighted by Crippen LogP contribution is -2.44. The standard InChI is InChI=1S/C24H31N7O3S/c1-24(2,14-27-23(32)34-3)30-21-19-18(8-11-35(19)33)28-22(29-21)31-9-6-16(7-10-31)20-25-12-17(13-26-20)15-4-5-15/h6,12-13,15H,4-5,7-11,14H2,1-3H3,(H,27,32)(H,28,29,30). The van der Waals surface area contributed by atoms with Gasteiger partial charge in [0.05, 0.1) is 29.1 Å². The first kappa shape index (κ1) is 23.7. The van der Waals surface area contributed by atoms with Gasteiger partial charge in [-0.15, -0.1) is 0 Å². The monoisotopic (exact) mass is 497 g/mol. The van der Waals surface area contributed by atoms with Gasteiger partial charge in [-0.25, -0.2) is 19.7 Å². The molecule has 4 heterocycles. The molecule has 0 aromatic carbocycles. The molecule has 5 rings (SSSR count). The Labute approximate surface area is 207 Å². The van der Waals surface area contributed by atoms with Gasteiger partial charge in [0.15, 0.2) is 5.82 Å². The molecule has 1 amide bonds. The van der Waals surface area contributed by atoms with E-state index >= 15 is 0 Å². The Hall–Kier alpha value is -3.08. The summed E-state index contributed by atoms with van der Waals surface area (Å²) in [5.74, 6) is 3.16. The Morgan fingerprint density at radius 1 is 1.23 bits per heavy atom. The minimum absolute atomic E-state index is 0.315. The summed E-state index contributed by atoms with van der Waals surface area (Å²) in [6, 6.07) is 0. The van der Waals surface area contributed by atoms with Crippen molar-refractivity contribution in [3.63, 3.8) is 0 Å². The lowest BCUT2D eigenvalue weighted by Gasteiger charge is -2.30. The van der Waals surface area contributed by atoms with Crippen molar-refractivity contribution in [3.8, 4) is 0 Å². The molecular weight excluding hydrogens is 466 g/mol.